The second-order valence-electron chi connectivity index (χ2n) is 2.16. The Kier molecular flexibility index (Phi) is 2.29. The van der Waals surface area contributed by atoms with Gasteiger partial charge < -0.3 is 5.32 Å². The van der Waals surface area contributed by atoms with Crippen LogP contribution < -0.4 is 5.32 Å². The minimum atomic E-state index is 0.570. The summed E-state index contributed by atoms with van der Waals surface area (Å²) < 4.78 is 0. The Bertz CT molecular complexity index is 137. The molecule has 0 radical (unpaired) electrons. The van der Waals surface area contributed by atoms with E-state index in [1.165, 1.54) is 6.42 Å². The van der Waals surface area contributed by atoms with E-state index in [0.717, 1.165) is 13.1 Å². The zero-order valence-electron chi connectivity index (χ0n) is 5.30. The fraction of sp³-hybridized carbons (Fsp3) is 0.571. The third-order valence-corrected chi connectivity index (χ3v) is 1.46. The highest BCUT2D eigenvalue weighted by atomic mass is 14.9. The molecule has 1 fully saturated rings. The molecule has 1 atom stereocenters. The Hall–Kier alpha value is -0.810. The third kappa shape index (κ3) is 1.87. The topological polar surface area (TPSA) is 24.4 Å². The summed E-state index contributed by atoms with van der Waals surface area (Å²) in [6, 6.07) is 2.24. The van der Waals surface area contributed by atoms with Gasteiger partial charge in [0.1, 0.15) is 0 Å². The molecule has 1 heterocycles. The van der Waals surface area contributed by atoms with Crippen molar-refractivity contribution < 1.29 is 0 Å². The minimum absolute atomic E-state index is 0.570. The van der Waals surface area contributed by atoms with Gasteiger partial charge >= 0.3 is 0 Å². The highest BCUT2D eigenvalue weighted by molar-refractivity contribution is 5.62. The van der Waals surface area contributed by atoms with E-state index >= 15 is 0 Å². The zero-order valence-corrected chi connectivity index (χ0v) is 5.30. The number of hydrogen-bond donors (Lipinski definition) is 1. The molecule has 2 nitrogen and oxygen atoms in total. The van der Waals surface area contributed by atoms with Crippen molar-refractivity contribution in [1.29, 1.82) is 0 Å². The normalized spacial score (nSPS) is 26.8. The standard InChI is InChI=1S/C7H10N2/c1-2-8-5-7-3-4-9-6-7/h1,5,7,9H,3-4,6H2/b8-5+. The van der Waals surface area contributed by atoms with Crippen molar-refractivity contribution in [2.24, 2.45) is 10.9 Å². The molecule has 0 aromatic rings. The molecule has 0 saturated carbocycles. The molecule has 0 aliphatic carbocycles. The van der Waals surface area contributed by atoms with Crippen LogP contribution in [0.2, 0.25) is 0 Å². The lowest BCUT2D eigenvalue weighted by Crippen LogP contribution is -2.09. The van der Waals surface area contributed by atoms with Crippen LogP contribution in [0.1, 0.15) is 6.42 Å². The van der Waals surface area contributed by atoms with Crippen LogP contribution in [-0.4, -0.2) is 19.3 Å². The monoisotopic (exact) mass is 122 g/mol. The lowest BCUT2D eigenvalue weighted by Gasteiger charge is -1.93. The zero-order chi connectivity index (χ0) is 6.53. The smallest absolute Gasteiger partial charge is 0.0298 e. The molecular weight excluding hydrogens is 112 g/mol. The van der Waals surface area contributed by atoms with E-state index in [-0.39, 0.29) is 0 Å². The summed E-state index contributed by atoms with van der Waals surface area (Å²) in [4.78, 5) is 3.72. The van der Waals surface area contributed by atoms with Crippen molar-refractivity contribution in [3.05, 3.63) is 0 Å². The summed E-state index contributed by atoms with van der Waals surface area (Å²) in [5.41, 5.74) is 0. The predicted molar refractivity (Wildman–Crippen MR) is 38.3 cm³/mol. The van der Waals surface area contributed by atoms with Crippen molar-refractivity contribution in [1.82, 2.24) is 5.32 Å². The SMILES string of the molecule is C#C/N=C/C1CCNC1. The number of hydrogen-bond acceptors (Lipinski definition) is 2. The Morgan fingerprint density at radius 2 is 2.67 bits per heavy atom. The fourth-order valence-corrected chi connectivity index (χ4v) is 0.953. The average Bonchev–Trinajstić information content (AvgIpc) is 2.34. The van der Waals surface area contributed by atoms with E-state index in [9.17, 15) is 0 Å². The van der Waals surface area contributed by atoms with Crippen LogP contribution in [0.25, 0.3) is 0 Å². The molecule has 0 aromatic heterocycles. The van der Waals surface area contributed by atoms with Gasteiger partial charge in [0.25, 0.3) is 0 Å². The molecule has 1 unspecified atom stereocenters. The molecule has 1 aliphatic rings. The van der Waals surface area contributed by atoms with Gasteiger partial charge in [0.15, 0.2) is 0 Å². The highest BCUT2D eigenvalue weighted by Gasteiger charge is 2.10. The van der Waals surface area contributed by atoms with Gasteiger partial charge in [0.2, 0.25) is 0 Å². The number of nitrogens with one attached hydrogen (secondary N) is 1. The first kappa shape index (κ1) is 6.31. The number of aliphatic imine (C=N–C) groups is 1. The fourth-order valence-electron chi connectivity index (χ4n) is 0.953. The van der Waals surface area contributed by atoms with Crippen molar-refractivity contribution in [3.8, 4) is 12.5 Å². The summed E-state index contributed by atoms with van der Waals surface area (Å²) in [5.74, 6) is 0.570. The maximum Gasteiger partial charge on any atom is 0.0298 e. The summed E-state index contributed by atoms with van der Waals surface area (Å²) in [7, 11) is 0. The van der Waals surface area contributed by atoms with Crippen LogP contribution in [0.3, 0.4) is 0 Å². The number of terminal acetylenes is 1. The molecule has 1 rings (SSSR count). The highest BCUT2D eigenvalue weighted by Crippen LogP contribution is 2.02. The molecular formula is C7H10N2. The van der Waals surface area contributed by atoms with Crippen molar-refractivity contribution in [3.63, 3.8) is 0 Å². The molecule has 0 aromatic carbocycles. The minimum Gasteiger partial charge on any atom is -0.316 e. The van der Waals surface area contributed by atoms with Crippen LogP contribution >= 0.6 is 0 Å². The van der Waals surface area contributed by atoms with Gasteiger partial charge in [-0.1, -0.05) is 6.42 Å². The lowest BCUT2D eigenvalue weighted by molar-refractivity contribution is 0.787. The van der Waals surface area contributed by atoms with Crippen LogP contribution in [0.15, 0.2) is 4.99 Å². The van der Waals surface area contributed by atoms with E-state index in [1.54, 1.807) is 0 Å². The summed E-state index contributed by atoms with van der Waals surface area (Å²) >= 11 is 0. The molecule has 0 spiro atoms. The van der Waals surface area contributed by atoms with E-state index in [2.05, 4.69) is 16.4 Å². The predicted octanol–water partition coefficient (Wildman–Crippen LogP) is 0.257. The first-order valence-electron chi connectivity index (χ1n) is 3.13. The lowest BCUT2D eigenvalue weighted by atomic mass is 10.1. The van der Waals surface area contributed by atoms with Crippen LogP contribution in [0.5, 0.6) is 0 Å². The maximum absolute atomic E-state index is 4.94. The van der Waals surface area contributed by atoms with Crippen LogP contribution in [0.4, 0.5) is 0 Å². The number of rotatable bonds is 1. The van der Waals surface area contributed by atoms with Gasteiger partial charge in [-0.3, -0.25) is 0 Å². The van der Waals surface area contributed by atoms with Gasteiger partial charge in [-0.05, 0) is 13.0 Å². The van der Waals surface area contributed by atoms with Gasteiger partial charge in [0.05, 0.1) is 0 Å². The van der Waals surface area contributed by atoms with E-state index < -0.39 is 0 Å². The molecule has 2 heteroatoms. The van der Waals surface area contributed by atoms with E-state index in [0.29, 0.717) is 5.92 Å². The summed E-state index contributed by atoms with van der Waals surface area (Å²) in [6.07, 6.45) is 7.96. The summed E-state index contributed by atoms with van der Waals surface area (Å²) in [5, 5.41) is 3.22. The van der Waals surface area contributed by atoms with Crippen LogP contribution in [0, 0.1) is 18.4 Å². The van der Waals surface area contributed by atoms with Crippen LogP contribution in [-0.2, 0) is 0 Å². The first-order chi connectivity index (χ1) is 4.43. The molecule has 1 N–H and O–H groups in total. The molecule has 1 saturated heterocycles. The Morgan fingerprint density at radius 3 is 3.22 bits per heavy atom. The van der Waals surface area contributed by atoms with E-state index in [4.69, 9.17) is 6.42 Å². The van der Waals surface area contributed by atoms with Crippen molar-refractivity contribution in [2.75, 3.05) is 13.1 Å². The Labute approximate surface area is 55.4 Å². The molecule has 48 valence electrons. The largest absolute Gasteiger partial charge is 0.316 e. The quantitative estimate of drug-likeness (QED) is 0.391. The Morgan fingerprint density at radius 1 is 1.78 bits per heavy atom. The maximum atomic E-state index is 4.94. The molecule has 1 aliphatic heterocycles. The van der Waals surface area contributed by atoms with E-state index in [1.807, 2.05) is 6.21 Å². The third-order valence-electron chi connectivity index (χ3n) is 1.46. The second kappa shape index (κ2) is 3.26. The molecule has 9 heavy (non-hydrogen) atoms. The first-order valence-corrected chi connectivity index (χ1v) is 3.13. The van der Waals surface area contributed by atoms with Gasteiger partial charge in [-0.25, -0.2) is 4.99 Å². The van der Waals surface area contributed by atoms with Gasteiger partial charge in [-0.15, -0.1) is 0 Å². The van der Waals surface area contributed by atoms with Gasteiger partial charge in [-0.2, -0.15) is 0 Å². The molecule has 0 bridgehead atoms. The van der Waals surface area contributed by atoms with Gasteiger partial charge in [0, 0.05) is 24.7 Å². The number of nitrogens with zero attached hydrogens (tertiary/aromatic N) is 1. The Balaban J connectivity index is 2.28. The molecule has 0 amide bonds. The summed E-state index contributed by atoms with van der Waals surface area (Å²) in [6.45, 7) is 2.13. The van der Waals surface area contributed by atoms with Crippen molar-refractivity contribution >= 4 is 6.21 Å². The van der Waals surface area contributed by atoms with Crippen molar-refractivity contribution in [2.45, 2.75) is 6.42 Å². The average molecular weight is 122 g/mol. The second-order valence-corrected chi connectivity index (χ2v) is 2.16.